The Balaban J connectivity index is 0.000000493. The van der Waals surface area contributed by atoms with Gasteiger partial charge in [0.2, 0.25) is 5.91 Å². The highest BCUT2D eigenvalue weighted by molar-refractivity contribution is 5.89. The van der Waals surface area contributed by atoms with Crippen molar-refractivity contribution in [3.63, 3.8) is 0 Å². The van der Waals surface area contributed by atoms with E-state index in [1.807, 2.05) is 74.8 Å². The molecule has 0 saturated heterocycles. The van der Waals surface area contributed by atoms with Crippen molar-refractivity contribution in [1.29, 1.82) is 0 Å². The third kappa shape index (κ3) is 10.2. The van der Waals surface area contributed by atoms with Gasteiger partial charge in [-0.05, 0) is 28.8 Å². The lowest BCUT2D eigenvalue weighted by molar-refractivity contribution is -0.134. The zero-order chi connectivity index (χ0) is 26.3. The van der Waals surface area contributed by atoms with Crippen molar-refractivity contribution in [2.75, 3.05) is 19.0 Å². The van der Waals surface area contributed by atoms with E-state index in [2.05, 4.69) is 39.8 Å². The van der Waals surface area contributed by atoms with E-state index in [9.17, 15) is 14.4 Å². The molecule has 0 radical (unpaired) electrons. The second-order valence-corrected chi connectivity index (χ2v) is 8.00. The number of aliphatic carboxylic acids is 2. The number of amides is 1. The van der Waals surface area contributed by atoms with Crippen LogP contribution >= 0.6 is 0 Å². The molecule has 8 nitrogen and oxygen atoms in total. The highest BCUT2D eigenvalue weighted by Gasteiger charge is 2.19. The fourth-order valence-electron chi connectivity index (χ4n) is 3.17. The summed E-state index contributed by atoms with van der Waals surface area (Å²) in [6.45, 7) is 1.13. The smallest absolute Gasteiger partial charge is 0.328 e. The van der Waals surface area contributed by atoms with E-state index >= 15 is 0 Å². The third-order valence-electron chi connectivity index (χ3n) is 5.04. The van der Waals surface area contributed by atoms with Gasteiger partial charge in [0.25, 0.3) is 0 Å². The van der Waals surface area contributed by atoms with Gasteiger partial charge >= 0.3 is 11.9 Å². The normalized spacial score (nSPS) is 11.2. The molecule has 3 aromatic rings. The summed E-state index contributed by atoms with van der Waals surface area (Å²) in [4.78, 5) is 34.1. The predicted molar refractivity (Wildman–Crippen MR) is 139 cm³/mol. The van der Waals surface area contributed by atoms with E-state index < -0.39 is 18.0 Å². The first kappa shape index (κ1) is 27.8. The number of carboxylic acid groups (broad SMARTS) is 2. The molecular formula is C28H31N3O5. The number of benzene rings is 3. The van der Waals surface area contributed by atoms with Crippen LogP contribution in [0, 0.1) is 0 Å². The van der Waals surface area contributed by atoms with Crippen LogP contribution in [0.1, 0.15) is 22.7 Å². The number of anilines is 1. The topological polar surface area (TPSA) is 119 Å². The maximum absolute atomic E-state index is 12.9. The maximum atomic E-state index is 12.9. The minimum absolute atomic E-state index is 0.0278. The Morgan fingerprint density at radius 2 is 1.25 bits per heavy atom. The number of carboxylic acids is 2. The summed E-state index contributed by atoms with van der Waals surface area (Å²) in [6, 6.07) is 27.7. The molecule has 0 aromatic heterocycles. The molecular weight excluding hydrogens is 458 g/mol. The Morgan fingerprint density at radius 1 is 0.750 bits per heavy atom. The van der Waals surface area contributed by atoms with Crippen molar-refractivity contribution >= 4 is 23.5 Å². The second-order valence-electron chi connectivity index (χ2n) is 8.00. The summed E-state index contributed by atoms with van der Waals surface area (Å²) < 4.78 is 0. The van der Waals surface area contributed by atoms with Gasteiger partial charge in [-0.2, -0.15) is 0 Å². The van der Waals surface area contributed by atoms with Crippen LogP contribution in [0.4, 0.5) is 5.69 Å². The minimum Gasteiger partial charge on any atom is -0.478 e. The molecule has 8 heteroatoms. The first-order valence-electron chi connectivity index (χ1n) is 11.3. The lowest BCUT2D eigenvalue weighted by atomic mass is 10.1. The van der Waals surface area contributed by atoms with Gasteiger partial charge in [-0.3, -0.25) is 10.1 Å². The molecule has 1 amide bonds. The highest BCUT2D eigenvalue weighted by atomic mass is 16.4. The Hall–Kier alpha value is -4.43. The minimum atomic E-state index is -1.26. The fraction of sp³-hybridized carbons (Fsp3) is 0.179. The van der Waals surface area contributed by atoms with Gasteiger partial charge < -0.3 is 20.4 Å². The molecule has 0 aliphatic heterocycles. The first-order valence-corrected chi connectivity index (χ1v) is 11.3. The molecule has 0 bridgehead atoms. The van der Waals surface area contributed by atoms with Gasteiger partial charge in [0.15, 0.2) is 0 Å². The number of carbonyl (C=O) groups is 3. The van der Waals surface area contributed by atoms with Crippen LogP contribution in [-0.4, -0.2) is 42.2 Å². The molecule has 0 fully saturated rings. The van der Waals surface area contributed by atoms with Gasteiger partial charge in [0.05, 0.1) is 0 Å². The standard InChI is InChI=1S/C24H27N3O.C4H4O4/c1-27(2)22-15-13-20(14-16-22)17-25-23(21-11-7-4-8-12-21)24(28)26-18-19-9-5-3-6-10-19;5-3(6)1-2-4(7)8/h3-16,23,25H,17-18H2,1-2H3,(H,26,28);1-2H,(H,5,6)(H,7,8)/b;2-1+. The van der Waals surface area contributed by atoms with E-state index in [0.29, 0.717) is 25.2 Å². The van der Waals surface area contributed by atoms with Crippen LogP contribution in [0.15, 0.2) is 97.1 Å². The molecule has 3 rings (SSSR count). The fourth-order valence-corrected chi connectivity index (χ4v) is 3.17. The van der Waals surface area contributed by atoms with E-state index in [1.165, 1.54) is 0 Å². The number of nitrogens with zero attached hydrogens (tertiary/aromatic N) is 1. The molecule has 36 heavy (non-hydrogen) atoms. The molecule has 1 atom stereocenters. The van der Waals surface area contributed by atoms with Crippen LogP contribution in [0.25, 0.3) is 0 Å². The summed E-state index contributed by atoms with van der Waals surface area (Å²) in [5.41, 5.74) is 4.34. The van der Waals surface area contributed by atoms with E-state index in [1.54, 1.807) is 0 Å². The summed E-state index contributed by atoms with van der Waals surface area (Å²) in [5.74, 6) is -2.54. The number of hydrogen-bond donors (Lipinski definition) is 4. The van der Waals surface area contributed by atoms with Crippen molar-refractivity contribution in [3.8, 4) is 0 Å². The third-order valence-corrected chi connectivity index (χ3v) is 5.04. The second kappa shape index (κ2) is 14.7. The van der Waals surface area contributed by atoms with Crippen LogP contribution in [-0.2, 0) is 27.5 Å². The highest BCUT2D eigenvalue weighted by Crippen LogP contribution is 2.16. The van der Waals surface area contributed by atoms with Gasteiger partial charge in [-0.1, -0.05) is 72.8 Å². The molecule has 4 N–H and O–H groups in total. The van der Waals surface area contributed by atoms with Crippen LogP contribution < -0.4 is 15.5 Å². The number of carbonyl (C=O) groups excluding carboxylic acids is 1. The van der Waals surface area contributed by atoms with E-state index in [-0.39, 0.29) is 5.91 Å². The molecule has 0 spiro atoms. The molecule has 0 aliphatic rings. The lowest BCUT2D eigenvalue weighted by Crippen LogP contribution is -2.37. The molecule has 0 aliphatic carbocycles. The zero-order valence-corrected chi connectivity index (χ0v) is 20.3. The average molecular weight is 490 g/mol. The van der Waals surface area contributed by atoms with Gasteiger partial charge in [-0.25, -0.2) is 9.59 Å². The van der Waals surface area contributed by atoms with E-state index in [0.717, 1.165) is 22.4 Å². The number of rotatable bonds is 10. The molecule has 188 valence electrons. The van der Waals surface area contributed by atoms with Gasteiger partial charge in [-0.15, -0.1) is 0 Å². The Bertz CT molecular complexity index is 1110. The van der Waals surface area contributed by atoms with Crippen molar-refractivity contribution in [2.45, 2.75) is 19.1 Å². The zero-order valence-electron chi connectivity index (χ0n) is 20.3. The summed E-state index contributed by atoms with van der Waals surface area (Å²) in [5, 5.41) is 22.1. The summed E-state index contributed by atoms with van der Waals surface area (Å²) >= 11 is 0. The number of hydrogen-bond acceptors (Lipinski definition) is 5. The van der Waals surface area contributed by atoms with Crippen LogP contribution in [0.3, 0.4) is 0 Å². The Morgan fingerprint density at radius 3 is 1.75 bits per heavy atom. The van der Waals surface area contributed by atoms with Crippen molar-refractivity contribution in [3.05, 3.63) is 114 Å². The maximum Gasteiger partial charge on any atom is 0.328 e. The molecule has 3 aromatic carbocycles. The SMILES string of the molecule is CN(C)c1ccc(CNC(C(=O)NCc2ccccc2)c2ccccc2)cc1.O=C(O)/C=C/C(=O)O. The van der Waals surface area contributed by atoms with Crippen molar-refractivity contribution in [1.82, 2.24) is 10.6 Å². The summed E-state index contributed by atoms with van der Waals surface area (Å²) in [6.07, 6.45) is 1.12. The predicted octanol–water partition coefficient (Wildman–Crippen LogP) is 3.61. The summed E-state index contributed by atoms with van der Waals surface area (Å²) in [7, 11) is 4.05. The average Bonchev–Trinajstić information content (AvgIpc) is 2.88. The van der Waals surface area contributed by atoms with Gasteiger partial charge in [0, 0.05) is 45.0 Å². The quantitative estimate of drug-likeness (QED) is 0.321. The van der Waals surface area contributed by atoms with Crippen molar-refractivity contribution < 1.29 is 24.6 Å². The van der Waals surface area contributed by atoms with Crippen LogP contribution in [0.2, 0.25) is 0 Å². The van der Waals surface area contributed by atoms with Gasteiger partial charge in [0.1, 0.15) is 6.04 Å². The molecule has 0 saturated carbocycles. The van der Waals surface area contributed by atoms with Crippen LogP contribution in [0.5, 0.6) is 0 Å². The molecule has 1 unspecified atom stereocenters. The Labute approximate surface area is 210 Å². The first-order chi connectivity index (χ1) is 17.3. The van der Waals surface area contributed by atoms with Crippen molar-refractivity contribution in [2.24, 2.45) is 0 Å². The monoisotopic (exact) mass is 489 g/mol. The molecule has 0 heterocycles. The van der Waals surface area contributed by atoms with E-state index in [4.69, 9.17) is 10.2 Å². The number of nitrogens with one attached hydrogen (secondary N) is 2. The lowest BCUT2D eigenvalue weighted by Gasteiger charge is -2.19. The Kier molecular flexibility index (Phi) is 11.4. The largest absolute Gasteiger partial charge is 0.478 e.